The molecular formula is C8H26Cl2N2P2Ru+2. The van der Waals surface area contributed by atoms with Crippen LogP contribution in [-0.4, -0.2) is 53.1 Å². The third-order valence-electron chi connectivity index (χ3n) is 0.125. The fourth-order valence-electron chi connectivity index (χ4n) is 0. The topological polar surface area (TPSA) is 47.6 Å². The fraction of sp³-hybridized carbons (Fsp3) is 1.00. The molecule has 0 aromatic rings. The van der Waals surface area contributed by atoms with Crippen molar-refractivity contribution >= 4 is 35.2 Å². The van der Waals surface area contributed by atoms with E-state index in [0.717, 1.165) is 0 Å². The maximum Gasteiger partial charge on any atom is -0.171 e. The molecule has 0 amide bonds. The summed E-state index contributed by atoms with van der Waals surface area (Å²) in [7, 11) is 9.95. The summed E-state index contributed by atoms with van der Waals surface area (Å²) in [5, 5.41) is 0. The molecule has 0 fully saturated rings. The normalized spacial score (nSPS) is 8.00. The Morgan fingerprint density at radius 3 is 0.867 bits per heavy atom. The summed E-state index contributed by atoms with van der Waals surface area (Å²) in [5.41, 5.74) is 12.5. The minimum atomic E-state index is -0.346. The molecule has 2 N–H and O–H groups in total. The van der Waals surface area contributed by atoms with Crippen molar-refractivity contribution in [1.82, 2.24) is 0 Å². The molecule has 0 saturated heterocycles. The number of hydrogen-bond donors (Lipinski definition) is 0. The van der Waals surface area contributed by atoms with Gasteiger partial charge in [-0.2, -0.15) is 13.1 Å². The van der Waals surface area contributed by atoms with Crippen molar-refractivity contribution in [3.8, 4) is 0 Å². The second-order valence-corrected chi connectivity index (χ2v) is 12.2. The molecule has 15 heavy (non-hydrogen) atoms. The van der Waals surface area contributed by atoms with Crippen LogP contribution in [0.3, 0.4) is 0 Å². The zero-order valence-corrected chi connectivity index (χ0v) is 15.8. The second-order valence-electron chi connectivity index (χ2n) is 3.55. The van der Waals surface area contributed by atoms with Gasteiger partial charge in [-0.15, -0.1) is 0 Å². The molecule has 0 bridgehead atoms. The molecular weight excluding hydrogens is 358 g/mol. The van der Waals surface area contributed by atoms with E-state index in [1.54, 1.807) is 0 Å². The van der Waals surface area contributed by atoms with Gasteiger partial charge in [0.05, 0.1) is 0 Å². The molecule has 0 atom stereocenters. The molecule has 0 saturated carbocycles. The van der Waals surface area contributed by atoms with Crippen LogP contribution in [0.15, 0.2) is 0 Å². The fourth-order valence-corrected chi connectivity index (χ4v) is 0. The average Bonchev–Trinajstić information content (AvgIpc) is 2.03. The van der Waals surface area contributed by atoms with E-state index >= 15 is 0 Å². The molecule has 2 nitrogen and oxygen atoms in total. The van der Waals surface area contributed by atoms with Crippen LogP contribution in [0.25, 0.3) is 11.5 Å². The van der Waals surface area contributed by atoms with Crippen LogP contribution in [0.5, 0.6) is 0 Å². The van der Waals surface area contributed by atoms with Crippen LogP contribution >= 0.6 is 35.2 Å². The van der Waals surface area contributed by atoms with Crippen molar-refractivity contribution in [2.45, 2.75) is 0 Å². The molecule has 0 spiro atoms. The molecule has 7 heteroatoms. The third-order valence-corrected chi connectivity index (χ3v) is 0.125. The molecule has 0 aliphatic carbocycles. The van der Waals surface area contributed by atoms with Gasteiger partial charge in [0.1, 0.15) is 0 Å². The van der Waals surface area contributed by atoms with Gasteiger partial charge < -0.3 is 11.5 Å². The smallest absolute Gasteiger partial charge is 0.171 e. The summed E-state index contributed by atoms with van der Waals surface area (Å²) < 4.78 is 0. The van der Waals surface area contributed by atoms with E-state index in [2.05, 4.69) is 40.0 Å². The number of halogens is 2. The molecule has 0 rings (SSSR count). The summed E-state index contributed by atoms with van der Waals surface area (Å²) in [5.74, 6) is 0. The van der Waals surface area contributed by atoms with Gasteiger partial charge in [0.25, 0.3) is 0 Å². The van der Waals surface area contributed by atoms with E-state index in [0.29, 0.717) is 0 Å². The number of nitrogens with one attached hydrogen (secondary N) is 2. The SMILES string of the molecule is C[PH+](C)C.C[PH+](C)C.[Cl][Ru+2][Cl].[NH-]CC[NH-]. The average molecular weight is 384 g/mol. The van der Waals surface area contributed by atoms with Crippen LogP contribution in [0.2, 0.25) is 0 Å². The monoisotopic (exact) mass is 384 g/mol. The van der Waals surface area contributed by atoms with Gasteiger partial charge in [-0.25, -0.2) is 0 Å². The second kappa shape index (κ2) is 29.7. The predicted molar refractivity (Wildman–Crippen MR) is 82.3 cm³/mol. The van der Waals surface area contributed by atoms with Gasteiger partial charge in [-0.05, 0) is 15.8 Å². The third kappa shape index (κ3) is 351. The van der Waals surface area contributed by atoms with Crippen LogP contribution in [0.4, 0.5) is 0 Å². The molecule has 0 radical (unpaired) electrons. The Labute approximate surface area is 114 Å². The summed E-state index contributed by atoms with van der Waals surface area (Å²) >= 11 is -0.346. The summed E-state index contributed by atoms with van der Waals surface area (Å²) in [6.45, 7) is 14.1. The molecule has 0 aliphatic heterocycles. The van der Waals surface area contributed by atoms with Gasteiger partial charge in [0, 0.05) is 40.0 Å². The molecule has 0 aliphatic rings. The Balaban J connectivity index is -0.0000000542. The zero-order chi connectivity index (χ0) is 13.3. The van der Waals surface area contributed by atoms with Crippen LogP contribution in [0.1, 0.15) is 0 Å². The van der Waals surface area contributed by atoms with Crippen molar-refractivity contribution in [1.29, 1.82) is 0 Å². The zero-order valence-electron chi connectivity index (χ0n) is 10.5. The van der Waals surface area contributed by atoms with E-state index in [4.69, 9.17) is 30.8 Å². The summed E-state index contributed by atoms with van der Waals surface area (Å²) in [6.07, 6.45) is 0. The van der Waals surface area contributed by atoms with E-state index in [-0.39, 0.29) is 44.1 Å². The summed E-state index contributed by atoms with van der Waals surface area (Å²) in [4.78, 5) is 0. The van der Waals surface area contributed by atoms with Gasteiger partial charge in [-0.1, -0.05) is 0 Å². The first-order valence-electron chi connectivity index (χ1n) is 4.47. The van der Waals surface area contributed by atoms with Gasteiger partial charge >= 0.3 is 34.5 Å². The predicted octanol–water partition coefficient (Wildman–Crippen LogP) is 4.65. The molecule has 0 aromatic heterocycles. The standard InChI is InChI=1S/2C3H9P.C2H6N2.2ClH.Ru/c2*1-4(2)3;3-1-2-4;;;/h2*1-3H3;3-4H,1-2H2;2*1H;/q;;-2;;;+4. The Hall–Kier alpha value is 1.98. The first-order chi connectivity index (χ1) is 6.79. The van der Waals surface area contributed by atoms with Gasteiger partial charge in [0.2, 0.25) is 0 Å². The minimum Gasteiger partial charge on any atom is -0.679 e. The molecule has 98 valence electrons. The van der Waals surface area contributed by atoms with Crippen molar-refractivity contribution < 1.29 is 15.1 Å². The maximum absolute atomic E-state index is 6.26. The van der Waals surface area contributed by atoms with Crippen molar-refractivity contribution in [3.05, 3.63) is 11.5 Å². The van der Waals surface area contributed by atoms with E-state index in [9.17, 15) is 0 Å². The van der Waals surface area contributed by atoms with Crippen LogP contribution in [-0.2, 0) is 15.1 Å². The summed E-state index contributed by atoms with van der Waals surface area (Å²) in [6, 6.07) is 0. The van der Waals surface area contributed by atoms with Crippen molar-refractivity contribution in [2.75, 3.05) is 53.1 Å². The number of rotatable bonds is 1. The quantitative estimate of drug-likeness (QED) is 0.467. The first kappa shape index (κ1) is 25.7. The van der Waals surface area contributed by atoms with Crippen molar-refractivity contribution in [2.24, 2.45) is 0 Å². The minimum absolute atomic E-state index is 0.120. The van der Waals surface area contributed by atoms with E-state index in [1.807, 2.05) is 0 Å². The molecule has 0 aromatic carbocycles. The van der Waals surface area contributed by atoms with Gasteiger partial charge in [0.15, 0.2) is 0 Å². The Kier molecular flexibility index (Phi) is 51.0. The van der Waals surface area contributed by atoms with E-state index < -0.39 is 0 Å². The Morgan fingerprint density at radius 2 is 0.867 bits per heavy atom. The first-order valence-corrected chi connectivity index (χ1v) is 15.0. The maximum atomic E-state index is 6.26. The van der Waals surface area contributed by atoms with Crippen molar-refractivity contribution in [3.63, 3.8) is 0 Å². The largest absolute Gasteiger partial charge is 0.679 e. The van der Waals surface area contributed by atoms with Crippen LogP contribution < -0.4 is 0 Å². The van der Waals surface area contributed by atoms with Crippen LogP contribution in [0, 0.1) is 0 Å². The molecule has 0 heterocycles. The molecule has 0 unspecified atom stereocenters. The Morgan fingerprint density at radius 1 is 0.800 bits per heavy atom. The van der Waals surface area contributed by atoms with E-state index in [1.165, 1.54) is 0 Å². The van der Waals surface area contributed by atoms with Gasteiger partial charge in [-0.3, -0.25) is 0 Å². The Bertz CT molecular complexity index is 68.2. The number of hydrogen-bond acceptors (Lipinski definition) is 0.